The lowest BCUT2D eigenvalue weighted by Gasteiger charge is -2.30. The zero-order chi connectivity index (χ0) is 22.6. The Kier molecular flexibility index (Phi) is 6.71. The van der Waals surface area contributed by atoms with Gasteiger partial charge in [0.05, 0.1) is 24.0 Å². The summed E-state index contributed by atoms with van der Waals surface area (Å²) >= 11 is 0. The fourth-order valence-corrected chi connectivity index (χ4v) is 3.32. The smallest absolute Gasteiger partial charge is 0.267 e. The molecule has 2 atom stereocenters. The Balaban J connectivity index is 1.76. The summed E-state index contributed by atoms with van der Waals surface area (Å²) in [6.07, 6.45) is 1.23. The molecule has 0 bridgehead atoms. The molecule has 2 unspecified atom stereocenters. The van der Waals surface area contributed by atoms with Gasteiger partial charge in [0, 0.05) is 18.8 Å². The number of nitrogens with zero attached hydrogens (tertiary/aromatic N) is 4. The third kappa shape index (κ3) is 4.92. The molecule has 2 aromatic heterocycles. The summed E-state index contributed by atoms with van der Waals surface area (Å²) in [4.78, 5) is 25.8. The van der Waals surface area contributed by atoms with Crippen LogP contribution >= 0.6 is 0 Å². The Bertz CT molecular complexity index is 1080. The minimum atomic E-state index is -3.17. The second kappa shape index (κ2) is 9.27. The first kappa shape index (κ1) is 22.4. The van der Waals surface area contributed by atoms with Gasteiger partial charge in [-0.1, -0.05) is 12.1 Å². The monoisotopic (exact) mass is 432 g/mol. The van der Waals surface area contributed by atoms with E-state index in [2.05, 4.69) is 10.2 Å². The maximum absolute atomic E-state index is 13.2. The van der Waals surface area contributed by atoms with E-state index in [1.54, 1.807) is 30.6 Å². The van der Waals surface area contributed by atoms with Crippen molar-refractivity contribution < 1.29 is 23.8 Å². The summed E-state index contributed by atoms with van der Waals surface area (Å²) in [6.45, 7) is -0.183. The van der Waals surface area contributed by atoms with Gasteiger partial charge >= 0.3 is 0 Å². The predicted octanol–water partition coefficient (Wildman–Crippen LogP) is 1.68. The van der Waals surface area contributed by atoms with Crippen LogP contribution in [-0.2, 0) is 11.3 Å². The number of aliphatic hydroxyl groups excluding tert-OH is 1. The van der Waals surface area contributed by atoms with E-state index in [9.17, 15) is 23.5 Å². The maximum atomic E-state index is 13.2. The molecule has 3 aromatic rings. The topological polar surface area (TPSA) is 110 Å². The normalized spacial score (nSPS) is 14.4. The van der Waals surface area contributed by atoms with Crippen molar-refractivity contribution in [3.63, 3.8) is 0 Å². The van der Waals surface area contributed by atoms with E-state index in [0.29, 0.717) is 5.56 Å². The highest BCUT2D eigenvalue weighted by Crippen LogP contribution is 2.29. The maximum Gasteiger partial charge on any atom is 0.267 e. The van der Waals surface area contributed by atoms with Crippen LogP contribution in [0.2, 0.25) is 0 Å². The van der Waals surface area contributed by atoms with Gasteiger partial charge in [0.25, 0.3) is 12.0 Å². The van der Waals surface area contributed by atoms with Crippen LogP contribution in [0, 0.1) is 5.92 Å². The second-order valence-electron chi connectivity index (χ2n) is 7.30. The molecule has 0 fully saturated rings. The summed E-state index contributed by atoms with van der Waals surface area (Å²) in [6, 6.07) is 10.3. The number of hydrogen-bond donors (Lipinski definition) is 2. The fraction of sp³-hybridized carbons (Fsp3) is 0.333. The molecule has 2 heterocycles. The molecule has 0 amide bonds. The quantitative estimate of drug-likeness (QED) is 0.532. The van der Waals surface area contributed by atoms with E-state index in [0.717, 1.165) is 18.2 Å². The zero-order valence-corrected chi connectivity index (χ0v) is 16.7. The van der Waals surface area contributed by atoms with Gasteiger partial charge in [0.2, 0.25) is 0 Å². The van der Waals surface area contributed by atoms with Crippen LogP contribution in [0.25, 0.3) is 16.8 Å². The van der Waals surface area contributed by atoms with Crippen molar-refractivity contribution in [3.05, 3.63) is 65.3 Å². The largest absolute Gasteiger partial charge is 0.389 e. The summed E-state index contributed by atoms with van der Waals surface area (Å²) in [5, 5.41) is 27.2. The number of Topliss-reactive ketones (excluding diaryl/α,β-unsaturated/α-hetero) is 1. The first-order valence-electron chi connectivity index (χ1n) is 9.55. The van der Waals surface area contributed by atoms with Gasteiger partial charge in [0.15, 0.2) is 5.78 Å². The van der Waals surface area contributed by atoms with Crippen LogP contribution in [0.3, 0.4) is 0 Å². The van der Waals surface area contributed by atoms with Crippen molar-refractivity contribution in [2.24, 2.45) is 5.92 Å². The number of pyridine rings is 1. The third-order valence-electron chi connectivity index (χ3n) is 5.20. The Morgan fingerprint density at radius 3 is 2.32 bits per heavy atom. The molecule has 0 saturated heterocycles. The number of rotatable bonds is 9. The summed E-state index contributed by atoms with van der Waals surface area (Å²) in [5.41, 5.74) is -0.790. The Hall–Kier alpha value is -3.24. The average molecular weight is 432 g/mol. The standard InChI is InChI=1S/C21H22F2N4O4/c1-21(31,20(22)23)17(18(29)13-28)7-11-26-10-6-15(12-19(26)30)14-2-4-16(5-3-14)27-24-8-9-25-27/h2-6,8-10,12,17,20,28,31H,7,11,13H2,1H3. The fourth-order valence-electron chi connectivity index (χ4n) is 3.32. The number of ketones is 1. The molecule has 164 valence electrons. The van der Waals surface area contributed by atoms with E-state index in [4.69, 9.17) is 5.11 Å². The zero-order valence-electron chi connectivity index (χ0n) is 16.7. The van der Waals surface area contributed by atoms with Gasteiger partial charge in [-0.05, 0) is 42.7 Å². The molecule has 2 N–H and O–H groups in total. The van der Waals surface area contributed by atoms with Crippen LogP contribution in [0.5, 0.6) is 0 Å². The lowest BCUT2D eigenvalue weighted by molar-refractivity contribution is -0.153. The first-order chi connectivity index (χ1) is 14.7. The van der Waals surface area contributed by atoms with Gasteiger partial charge in [-0.3, -0.25) is 9.59 Å². The van der Waals surface area contributed by atoms with Crippen molar-refractivity contribution in [1.82, 2.24) is 19.6 Å². The SMILES string of the molecule is CC(O)(C(F)F)C(CCn1ccc(-c2ccc(-n3nccn3)cc2)cc1=O)C(=O)CO. The lowest BCUT2D eigenvalue weighted by Crippen LogP contribution is -2.47. The lowest BCUT2D eigenvalue weighted by atomic mass is 9.83. The minimum Gasteiger partial charge on any atom is -0.389 e. The molecule has 0 aliphatic carbocycles. The number of aryl methyl sites for hydroxylation is 1. The van der Waals surface area contributed by atoms with E-state index in [1.807, 2.05) is 12.1 Å². The van der Waals surface area contributed by atoms with Crippen molar-refractivity contribution in [2.75, 3.05) is 6.61 Å². The molecule has 1 aromatic carbocycles. The molecule has 0 saturated carbocycles. The van der Waals surface area contributed by atoms with Gasteiger partial charge in [-0.2, -0.15) is 15.0 Å². The van der Waals surface area contributed by atoms with Gasteiger partial charge in [-0.25, -0.2) is 8.78 Å². The molecule has 10 heteroatoms. The number of aromatic nitrogens is 4. The van der Waals surface area contributed by atoms with E-state index in [1.165, 1.54) is 21.6 Å². The first-order valence-corrected chi connectivity index (χ1v) is 9.55. The van der Waals surface area contributed by atoms with Crippen molar-refractivity contribution in [1.29, 1.82) is 0 Å². The van der Waals surface area contributed by atoms with Crippen LogP contribution in [0.15, 0.2) is 59.8 Å². The highest BCUT2D eigenvalue weighted by atomic mass is 19.3. The summed E-state index contributed by atoms with van der Waals surface area (Å²) < 4.78 is 27.6. The van der Waals surface area contributed by atoms with Gasteiger partial charge in [-0.15, -0.1) is 0 Å². The van der Waals surface area contributed by atoms with E-state index < -0.39 is 30.3 Å². The summed E-state index contributed by atoms with van der Waals surface area (Å²) in [5.74, 6) is -2.41. The van der Waals surface area contributed by atoms with Crippen LogP contribution in [0.1, 0.15) is 13.3 Å². The molecule has 0 aliphatic rings. The number of hydrogen-bond acceptors (Lipinski definition) is 6. The van der Waals surface area contributed by atoms with Crippen LogP contribution in [0.4, 0.5) is 8.78 Å². The highest BCUT2D eigenvalue weighted by molar-refractivity contribution is 5.83. The Morgan fingerprint density at radius 1 is 1.13 bits per heavy atom. The molecule has 0 radical (unpaired) electrons. The number of carbonyl (C=O) groups is 1. The summed E-state index contributed by atoms with van der Waals surface area (Å²) in [7, 11) is 0. The Labute approximate surface area is 176 Å². The second-order valence-corrected chi connectivity index (χ2v) is 7.30. The molecule has 0 aliphatic heterocycles. The van der Waals surface area contributed by atoms with Crippen molar-refractivity contribution >= 4 is 5.78 Å². The van der Waals surface area contributed by atoms with Crippen molar-refractivity contribution in [2.45, 2.75) is 31.9 Å². The van der Waals surface area contributed by atoms with E-state index in [-0.39, 0.29) is 18.5 Å². The third-order valence-corrected chi connectivity index (χ3v) is 5.20. The van der Waals surface area contributed by atoms with Gasteiger partial charge in [0.1, 0.15) is 12.2 Å². The van der Waals surface area contributed by atoms with Crippen molar-refractivity contribution in [3.8, 4) is 16.8 Å². The number of alkyl halides is 2. The number of aliphatic hydroxyl groups is 2. The van der Waals surface area contributed by atoms with Crippen LogP contribution < -0.4 is 5.56 Å². The highest BCUT2D eigenvalue weighted by Gasteiger charge is 2.44. The average Bonchev–Trinajstić information content (AvgIpc) is 3.29. The molecular formula is C21H22F2N4O4. The minimum absolute atomic E-state index is 0.0672. The van der Waals surface area contributed by atoms with Gasteiger partial charge < -0.3 is 14.8 Å². The Morgan fingerprint density at radius 2 is 1.77 bits per heavy atom. The molecule has 8 nitrogen and oxygen atoms in total. The number of halogens is 2. The predicted molar refractivity (Wildman–Crippen MR) is 108 cm³/mol. The molecule has 0 spiro atoms. The molecule has 31 heavy (non-hydrogen) atoms. The van der Waals surface area contributed by atoms with Crippen LogP contribution in [-0.4, -0.2) is 54.2 Å². The number of carbonyl (C=O) groups excluding carboxylic acids is 1. The molecular weight excluding hydrogens is 410 g/mol. The van der Waals surface area contributed by atoms with E-state index >= 15 is 0 Å². The number of benzene rings is 1. The molecule has 3 rings (SSSR count).